The molecular formula is C17H19N3O2. The summed E-state index contributed by atoms with van der Waals surface area (Å²) >= 11 is 0. The number of para-hydroxylation sites is 1. The van der Waals surface area contributed by atoms with E-state index in [0.29, 0.717) is 37.6 Å². The van der Waals surface area contributed by atoms with Crippen LogP contribution >= 0.6 is 0 Å². The fraction of sp³-hybridized carbons (Fsp3) is 0.235. The van der Waals surface area contributed by atoms with Crippen molar-refractivity contribution in [3.8, 4) is 0 Å². The maximum atomic E-state index is 12.4. The Balaban J connectivity index is 1.75. The predicted molar refractivity (Wildman–Crippen MR) is 87.3 cm³/mol. The van der Waals surface area contributed by atoms with Gasteiger partial charge in [0.1, 0.15) is 0 Å². The lowest BCUT2D eigenvalue weighted by Gasteiger charge is -2.27. The first-order valence-electron chi connectivity index (χ1n) is 7.32. The number of rotatable bonds is 3. The first-order chi connectivity index (χ1) is 10.7. The lowest BCUT2D eigenvalue weighted by molar-refractivity contribution is 0.0303. The van der Waals surface area contributed by atoms with Crippen LogP contribution in [0, 0.1) is 0 Å². The molecule has 5 nitrogen and oxygen atoms in total. The van der Waals surface area contributed by atoms with Crippen molar-refractivity contribution in [1.29, 1.82) is 0 Å². The van der Waals surface area contributed by atoms with Crippen LogP contribution in [0.15, 0.2) is 48.5 Å². The zero-order valence-electron chi connectivity index (χ0n) is 12.3. The minimum absolute atomic E-state index is 0.00117. The quantitative estimate of drug-likeness (QED) is 0.854. The normalized spacial score (nSPS) is 14.6. The zero-order chi connectivity index (χ0) is 15.4. The summed E-state index contributed by atoms with van der Waals surface area (Å²) in [5.74, 6) is 0.00117. The molecule has 0 spiro atoms. The first kappa shape index (κ1) is 14.4. The van der Waals surface area contributed by atoms with E-state index >= 15 is 0 Å². The van der Waals surface area contributed by atoms with Crippen molar-refractivity contribution in [1.82, 2.24) is 4.90 Å². The summed E-state index contributed by atoms with van der Waals surface area (Å²) in [5.41, 5.74) is 9.00. The van der Waals surface area contributed by atoms with E-state index in [0.717, 1.165) is 11.4 Å². The highest BCUT2D eigenvalue weighted by Gasteiger charge is 2.19. The van der Waals surface area contributed by atoms with E-state index < -0.39 is 0 Å². The zero-order valence-corrected chi connectivity index (χ0v) is 12.3. The Bertz CT molecular complexity index is 652. The van der Waals surface area contributed by atoms with E-state index in [1.165, 1.54) is 0 Å². The molecule has 2 aromatic rings. The highest BCUT2D eigenvalue weighted by atomic mass is 16.5. The molecule has 1 heterocycles. The summed E-state index contributed by atoms with van der Waals surface area (Å²) in [7, 11) is 0. The molecule has 114 valence electrons. The molecule has 0 saturated carbocycles. The monoisotopic (exact) mass is 297 g/mol. The molecule has 0 radical (unpaired) electrons. The van der Waals surface area contributed by atoms with E-state index in [2.05, 4.69) is 5.32 Å². The van der Waals surface area contributed by atoms with Gasteiger partial charge in [0.05, 0.1) is 24.6 Å². The van der Waals surface area contributed by atoms with Gasteiger partial charge in [-0.25, -0.2) is 0 Å². The minimum Gasteiger partial charge on any atom is -0.397 e. The maximum absolute atomic E-state index is 12.4. The Kier molecular flexibility index (Phi) is 4.25. The van der Waals surface area contributed by atoms with Crippen molar-refractivity contribution in [3.05, 3.63) is 54.1 Å². The Hall–Kier alpha value is -2.53. The number of amides is 1. The molecule has 1 fully saturated rings. The summed E-state index contributed by atoms with van der Waals surface area (Å²) in [4.78, 5) is 14.2. The average Bonchev–Trinajstić information content (AvgIpc) is 2.58. The number of nitrogens with zero attached hydrogens (tertiary/aromatic N) is 1. The van der Waals surface area contributed by atoms with Crippen molar-refractivity contribution in [2.45, 2.75) is 0 Å². The number of nitrogen functional groups attached to an aromatic ring is 1. The van der Waals surface area contributed by atoms with Gasteiger partial charge in [-0.2, -0.15) is 0 Å². The lowest BCUT2D eigenvalue weighted by atomic mass is 10.1. The van der Waals surface area contributed by atoms with Gasteiger partial charge in [-0.15, -0.1) is 0 Å². The van der Waals surface area contributed by atoms with Gasteiger partial charge < -0.3 is 20.7 Å². The van der Waals surface area contributed by atoms with E-state index in [1.54, 1.807) is 17.0 Å². The molecule has 1 aliphatic rings. The Morgan fingerprint density at radius 2 is 1.82 bits per heavy atom. The number of hydrogen-bond donors (Lipinski definition) is 2. The molecule has 5 heteroatoms. The highest BCUT2D eigenvalue weighted by Crippen LogP contribution is 2.24. The van der Waals surface area contributed by atoms with Crippen LogP contribution in [0.3, 0.4) is 0 Å². The molecule has 1 amide bonds. The molecule has 3 N–H and O–H groups in total. The van der Waals surface area contributed by atoms with Gasteiger partial charge in [-0.1, -0.05) is 18.2 Å². The predicted octanol–water partition coefficient (Wildman–Crippen LogP) is 2.48. The van der Waals surface area contributed by atoms with E-state index in [1.807, 2.05) is 36.4 Å². The van der Waals surface area contributed by atoms with Crippen LogP contribution in [-0.2, 0) is 4.74 Å². The maximum Gasteiger partial charge on any atom is 0.254 e. The van der Waals surface area contributed by atoms with Crippen LogP contribution in [0.1, 0.15) is 10.4 Å². The Morgan fingerprint density at radius 3 is 2.50 bits per heavy atom. The van der Waals surface area contributed by atoms with Crippen molar-refractivity contribution < 1.29 is 9.53 Å². The molecule has 2 aromatic carbocycles. The van der Waals surface area contributed by atoms with E-state index in [9.17, 15) is 4.79 Å². The number of nitrogens with one attached hydrogen (secondary N) is 1. The highest BCUT2D eigenvalue weighted by molar-refractivity contribution is 5.96. The molecule has 0 bridgehead atoms. The van der Waals surface area contributed by atoms with Crippen molar-refractivity contribution >= 4 is 23.0 Å². The van der Waals surface area contributed by atoms with E-state index in [-0.39, 0.29) is 5.91 Å². The number of carbonyl (C=O) groups is 1. The first-order valence-corrected chi connectivity index (χ1v) is 7.32. The number of carbonyl (C=O) groups excluding carboxylic acids is 1. The van der Waals surface area contributed by atoms with Gasteiger partial charge in [-0.05, 0) is 30.3 Å². The second kappa shape index (κ2) is 6.49. The number of morpholine rings is 1. The molecule has 0 unspecified atom stereocenters. The Morgan fingerprint density at radius 1 is 1.09 bits per heavy atom. The van der Waals surface area contributed by atoms with Crippen LogP contribution in [0.4, 0.5) is 17.1 Å². The van der Waals surface area contributed by atoms with Crippen molar-refractivity contribution in [2.75, 3.05) is 37.4 Å². The fourth-order valence-corrected chi connectivity index (χ4v) is 2.44. The summed E-state index contributed by atoms with van der Waals surface area (Å²) in [6, 6.07) is 15.2. The topological polar surface area (TPSA) is 67.6 Å². The van der Waals surface area contributed by atoms with Gasteiger partial charge in [0.25, 0.3) is 5.91 Å². The van der Waals surface area contributed by atoms with Gasteiger partial charge in [0.15, 0.2) is 0 Å². The molecular weight excluding hydrogens is 278 g/mol. The smallest absolute Gasteiger partial charge is 0.254 e. The molecule has 1 aliphatic heterocycles. The molecule has 0 atom stereocenters. The van der Waals surface area contributed by atoms with Crippen molar-refractivity contribution in [3.63, 3.8) is 0 Å². The van der Waals surface area contributed by atoms with Gasteiger partial charge in [0.2, 0.25) is 0 Å². The molecule has 3 rings (SSSR count). The molecule has 0 aliphatic carbocycles. The second-order valence-corrected chi connectivity index (χ2v) is 5.20. The van der Waals surface area contributed by atoms with Crippen LogP contribution in [0.2, 0.25) is 0 Å². The standard InChI is InChI=1S/C17H19N3O2/c18-15-12-13(17(21)20-8-10-22-11-9-20)6-7-16(15)19-14-4-2-1-3-5-14/h1-7,12,19H,8-11,18H2. The summed E-state index contributed by atoms with van der Waals surface area (Å²) in [6.07, 6.45) is 0. The Labute approximate surface area is 129 Å². The summed E-state index contributed by atoms with van der Waals surface area (Å²) in [6.45, 7) is 2.44. The summed E-state index contributed by atoms with van der Waals surface area (Å²) in [5, 5.41) is 3.25. The van der Waals surface area contributed by atoms with Gasteiger partial charge >= 0.3 is 0 Å². The third-order valence-corrected chi connectivity index (χ3v) is 3.65. The van der Waals surface area contributed by atoms with Crippen LogP contribution < -0.4 is 11.1 Å². The van der Waals surface area contributed by atoms with Crippen molar-refractivity contribution in [2.24, 2.45) is 0 Å². The molecule has 0 aromatic heterocycles. The lowest BCUT2D eigenvalue weighted by Crippen LogP contribution is -2.40. The van der Waals surface area contributed by atoms with Gasteiger partial charge in [-0.3, -0.25) is 4.79 Å². The summed E-state index contributed by atoms with van der Waals surface area (Å²) < 4.78 is 5.27. The van der Waals surface area contributed by atoms with Crippen LogP contribution in [0.5, 0.6) is 0 Å². The van der Waals surface area contributed by atoms with Gasteiger partial charge in [0, 0.05) is 24.3 Å². The number of benzene rings is 2. The second-order valence-electron chi connectivity index (χ2n) is 5.20. The largest absolute Gasteiger partial charge is 0.397 e. The average molecular weight is 297 g/mol. The van der Waals surface area contributed by atoms with E-state index in [4.69, 9.17) is 10.5 Å². The third kappa shape index (κ3) is 3.20. The minimum atomic E-state index is 0.00117. The van der Waals surface area contributed by atoms with Crippen LogP contribution in [-0.4, -0.2) is 37.1 Å². The number of nitrogens with two attached hydrogens (primary N) is 1. The molecule has 22 heavy (non-hydrogen) atoms. The number of anilines is 3. The third-order valence-electron chi connectivity index (χ3n) is 3.65. The number of ether oxygens (including phenoxy) is 1. The number of hydrogen-bond acceptors (Lipinski definition) is 4. The molecule has 1 saturated heterocycles. The SMILES string of the molecule is Nc1cc(C(=O)N2CCOCC2)ccc1Nc1ccccc1. The fourth-order valence-electron chi connectivity index (χ4n) is 2.44. The van der Waals surface area contributed by atoms with Crippen LogP contribution in [0.25, 0.3) is 0 Å².